The molecule has 0 spiro atoms. The van der Waals surface area contributed by atoms with Crippen LogP contribution >= 0.6 is 0 Å². The lowest BCUT2D eigenvalue weighted by Gasteiger charge is -2.26. The number of hydrogen-bond donors (Lipinski definition) is 0. The highest BCUT2D eigenvalue weighted by Crippen LogP contribution is 2.30. The van der Waals surface area contributed by atoms with Gasteiger partial charge in [-0.05, 0) is 12.8 Å². The number of rotatable bonds is 10. The topological polar surface area (TPSA) is 9.23 Å². The van der Waals surface area contributed by atoms with Crippen LogP contribution in [0.4, 0.5) is 26.3 Å². The zero-order chi connectivity index (χ0) is 16.5. The first-order valence-electron chi connectivity index (χ1n) is 7.36. The maximum absolute atomic E-state index is 12.5. The Kier molecular flexibility index (Phi) is 9.33. The van der Waals surface area contributed by atoms with E-state index in [-0.39, 0.29) is 12.8 Å². The highest BCUT2D eigenvalue weighted by atomic mass is 19.4. The summed E-state index contributed by atoms with van der Waals surface area (Å²) in [6.45, 7) is 3.63. The molecule has 0 N–H and O–H groups in total. The Morgan fingerprint density at radius 3 is 1.29 bits per heavy atom. The van der Waals surface area contributed by atoms with Crippen LogP contribution in [-0.2, 0) is 4.74 Å². The molecular weight excluding hydrogens is 298 g/mol. The summed E-state index contributed by atoms with van der Waals surface area (Å²) in [4.78, 5) is 0. The number of halogens is 6. The van der Waals surface area contributed by atoms with E-state index >= 15 is 0 Å². The number of ether oxygens (including phenoxy) is 1. The fourth-order valence-corrected chi connectivity index (χ4v) is 2.09. The van der Waals surface area contributed by atoms with E-state index in [1.807, 2.05) is 13.8 Å². The third-order valence-corrected chi connectivity index (χ3v) is 3.06. The standard InChI is InChI=1S/C14H24F6O/c1-3-5-7-11(9-13(15,16)17)21-12(8-6-4-2)10-14(18,19)20/h11-12H,3-10H2,1-2H3. The zero-order valence-electron chi connectivity index (χ0n) is 12.5. The summed E-state index contributed by atoms with van der Waals surface area (Å²) < 4.78 is 80.0. The first-order chi connectivity index (χ1) is 9.57. The summed E-state index contributed by atoms with van der Waals surface area (Å²) in [5.41, 5.74) is 0. The molecule has 0 radical (unpaired) electrons. The molecule has 0 aliphatic heterocycles. The van der Waals surface area contributed by atoms with Gasteiger partial charge in [0.25, 0.3) is 0 Å². The second-order valence-electron chi connectivity index (χ2n) is 5.30. The second kappa shape index (κ2) is 9.54. The van der Waals surface area contributed by atoms with Crippen molar-refractivity contribution in [2.45, 2.75) is 89.8 Å². The maximum Gasteiger partial charge on any atom is 0.391 e. The smallest absolute Gasteiger partial charge is 0.374 e. The van der Waals surface area contributed by atoms with Crippen molar-refractivity contribution < 1.29 is 31.1 Å². The molecule has 0 aliphatic rings. The summed E-state index contributed by atoms with van der Waals surface area (Å²) in [7, 11) is 0. The van der Waals surface area contributed by atoms with Crippen LogP contribution in [0.25, 0.3) is 0 Å². The molecule has 2 unspecified atom stereocenters. The number of hydrogen-bond acceptors (Lipinski definition) is 1. The molecule has 0 bridgehead atoms. The van der Waals surface area contributed by atoms with E-state index in [0.717, 1.165) is 0 Å². The Bertz CT molecular complexity index is 235. The van der Waals surface area contributed by atoms with Crippen molar-refractivity contribution in [1.82, 2.24) is 0 Å². The van der Waals surface area contributed by atoms with E-state index in [0.29, 0.717) is 25.7 Å². The van der Waals surface area contributed by atoms with Gasteiger partial charge >= 0.3 is 12.4 Å². The molecular formula is C14H24F6O. The first-order valence-corrected chi connectivity index (χ1v) is 7.36. The Hall–Kier alpha value is -0.460. The van der Waals surface area contributed by atoms with Crippen LogP contribution in [0.2, 0.25) is 0 Å². The predicted molar refractivity (Wildman–Crippen MR) is 69.1 cm³/mol. The van der Waals surface area contributed by atoms with Crippen LogP contribution in [0.5, 0.6) is 0 Å². The van der Waals surface area contributed by atoms with Gasteiger partial charge in [-0.1, -0.05) is 39.5 Å². The van der Waals surface area contributed by atoms with E-state index in [2.05, 4.69) is 0 Å². The van der Waals surface area contributed by atoms with Gasteiger partial charge in [-0.15, -0.1) is 0 Å². The Morgan fingerprint density at radius 2 is 1.05 bits per heavy atom. The summed E-state index contributed by atoms with van der Waals surface area (Å²) in [5.74, 6) is 0. The van der Waals surface area contributed by atoms with Crippen molar-refractivity contribution in [3.05, 3.63) is 0 Å². The van der Waals surface area contributed by atoms with Gasteiger partial charge in [0.2, 0.25) is 0 Å². The highest BCUT2D eigenvalue weighted by Gasteiger charge is 2.36. The van der Waals surface area contributed by atoms with Crippen molar-refractivity contribution in [3.63, 3.8) is 0 Å². The van der Waals surface area contributed by atoms with Gasteiger partial charge in [-0.3, -0.25) is 0 Å². The molecule has 0 saturated heterocycles. The van der Waals surface area contributed by atoms with Crippen LogP contribution in [0.3, 0.4) is 0 Å². The van der Waals surface area contributed by atoms with Gasteiger partial charge in [0.1, 0.15) is 0 Å². The third-order valence-electron chi connectivity index (χ3n) is 3.06. The average molecular weight is 322 g/mol. The molecule has 128 valence electrons. The Labute approximate surface area is 122 Å². The summed E-state index contributed by atoms with van der Waals surface area (Å²) >= 11 is 0. The van der Waals surface area contributed by atoms with Gasteiger partial charge < -0.3 is 4.74 Å². The minimum absolute atomic E-state index is 0.135. The van der Waals surface area contributed by atoms with Crippen LogP contribution in [-0.4, -0.2) is 24.6 Å². The van der Waals surface area contributed by atoms with Crippen molar-refractivity contribution in [3.8, 4) is 0 Å². The molecule has 2 atom stereocenters. The number of alkyl halides is 6. The molecule has 0 amide bonds. The average Bonchev–Trinajstić information content (AvgIpc) is 2.29. The lowest BCUT2D eigenvalue weighted by Crippen LogP contribution is -2.30. The molecule has 21 heavy (non-hydrogen) atoms. The zero-order valence-corrected chi connectivity index (χ0v) is 12.5. The molecule has 7 heteroatoms. The van der Waals surface area contributed by atoms with E-state index in [1.54, 1.807) is 0 Å². The molecule has 0 heterocycles. The van der Waals surface area contributed by atoms with Crippen LogP contribution in [0.15, 0.2) is 0 Å². The SMILES string of the molecule is CCCCC(CC(F)(F)F)OC(CCCC)CC(F)(F)F. The largest absolute Gasteiger partial charge is 0.391 e. The molecule has 1 nitrogen and oxygen atoms in total. The Balaban J connectivity index is 4.66. The lowest BCUT2D eigenvalue weighted by atomic mass is 10.1. The van der Waals surface area contributed by atoms with Gasteiger partial charge in [-0.2, -0.15) is 26.3 Å². The second-order valence-corrected chi connectivity index (χ2v) is 5.30. The molecule has 0 aromatic rings. The molecule has 0 rings (SSSR count). The van der Waals surface area contributed by atoms with Crippen molar-refractivity contribution in [2.24, 2.45) is 0 Å². The summed E-state index contributed by atoms with van der Waals surface area (Å²) in [6.07, 6.45) is -11.0. The normalized spacial score (nSPS) is 16.0. The first kappa shape index (κ1) is 20.5. The fraction of sp³-hybridized carbons (Fsp3) is 1.00. The van der Waals surface area contributed by atoms with Crippen molar-refractivity contribution >= 4 is 0 Å². The molecule has 0 aromatic carbocycles. The van der Waals surface area contributed by atoms with Gasteiger partial charge in [0.05, 0.1) is 25.0 Å². The molecule has 0 aromatic heterocycles. The lowest BCUT2D eigenvalue weighted by molar-refractivity contribution is -0.191. The van der Waals surface area contributed by atoms with Crippen molar-refractivity contribution in [2.75, 3.05) is 0 Å². The molecule has 0 aliphatic carbocycles. The minimum atomic E-state index is -4.42. The van der Waals surface area contributed by atoms with Crippen molar-refractivity contribution in [1.29, 1.82) is 0 Å². The van der Waals surface area contributed by atoms with Gasteiger partial charge in [0.15, 0.2) is 0 Å². The quantitative estimate of drug-likeness (QED) is 0.446. The molecule has 0 fully saturated rings. The van der Waals surface area contributed by atoms with Crippen LogP contribution < -0.4 is 0 Å². The van der Waals surface area contributed by atoms with Crippen LogP contribution in [0, 0.1) is 0 Å². The van der Waals surface area contributed by atoms with Gasteiger partial charge in [0, 0.05) is 0 Å². The third kappa shape index (κ3) is 13.0. The van der Waals surface area contributed by atoms with E-state index < -0.39 is 37.4 Å². The molecule has 0 saturated carbocycles. The monoisotopic (exact) mass is 322 g/mol. The number of unbranched alkanes of at least 4 members (excludes halogenated alkanes) is 2. The highest BCUT2D eigenvalue weighted by molar-refractivity contribution is 4.70. The fourth-order valence-electron chi connectivity index (χ4n) is 2.09. The van der Waals surface area contributed by atoms with Gasteiger partial charge in [-0.25, -0.2) is 0 Å². The maximum atomic E-state index is 12.5. The van der Waals surface area contributed by atoms with E-state index in [4.69, 9.17) is 4.74 Å². The summed E-state index contributed by atoms with van der Waals surface area (Å²) in [6, 6.07) is 0. The minimum Gasteiger partial charge on any atom is -0.374 e. The van der Waals surface area contributed by atoms with E-state index in [9.17, 15) is 26.3 Å². The van der Waals surface area contributed by atoms with Crippen LogP contribution in [0.1, 0.15) is 65.2 Å². The van der Waals surface area contributed by atoms with E-state index in [1.165, 1.54) is 0 Å². The Morgan fingerprint density at radius 1 is 0.714 bits per heavy atom. The predicted octanol–water partition coefficient (Wildman–Crippen LogP) is 6.03. The summed E-state index contributed by atoms with van der Waals surface area (Å²) in [5, 5.41) is 0.